The Morgan fingerprint density at radius 3 is 2.62 bits per heavy atom. The molecule has 0 radical (unpaired) electrons. The summed E-state index contributed by atoms with van der Waals surface area (Å²) in [6, 6.07) is 13.3. The van der Waals surface area contributed by atoms with Gasteiger partial charge in [0, 0.05) is 18.2 Å². The maximum Gasteiger partial charge on any atom is 0.227 e. The van der Waals surface area contributed by atoms with Crippen molar-refractivity contribution >= 4 is 34.8 Å². The fourth-order valence-electron chi connectivity index (χ4n) is 3.20. The van der Waals surface area contributed by atoms with Crippen LogP contribution in [0.4, 0.5) is 5.69 Å². The van der Waals surface area contributed by atoms with E-state index in [1.54, 1.807) is 25.3 Å². The lowest BCUT2D eigenvalue weighted by Crippen LogP contribution is -2.37. The number of likely N-dealkylation sites (tertiary alicyclic amines) is 1. The molecule has 1 heterocycles. The quantitative estimate of drug-likeness (QED) is 0.790. The number of nitrogens with zero attached hydrogens (tertiary/aromatic N) is 1. The van der Waals surface area contributed by atoms with Gasteiger partial charge in [0.1, 0.15) is 5.75 Å². The summed E-state index contributed by atoms with van der Waals surface area (Å²) in [7, 11) is 1.68. The molecular weight excluding hydrogens is 371 g/mol. The van der Waals surface area contributed by atoms with Gasteiger partial charge in [0.15, 0.2) is 0 Å². The Morgan fingerprint density at radius 2 is 1.92 bits per heavy atom. The third-order valence-electron chi connectivity index (χ3n) is 4.69. The lowest BCUT2D eigenvalue weighted by atomic mass is 9.95. The molecule has 1 amide bonds. The summed E-state index contributed by atoms with van der Waals surface area (Å²) < 4.78 is 5.28. The van der Waals surface area contributed by atoms with Crippen molar-refractivity contribution in [3.63, 3.8) is 0 Å². The Morgan fingerprint density at radius 1 is 1.15 bits per heavy atom. The molecule has 26 heavy (non-hydrogen) atoms. The van der Waals surface area contributed by atoms with Gasteiger partial charge in [-0.2, -0.15) is 0 Å². The highest BCUT2D eigenvalue weighted by Gasteiger charge is 2.25. The SMILES string of the molecule is COc1cccc(CN2CCC(C(=O)Nc3ccc(Cl)c(Cl)c3)CC2)c1. The number of methoxy groups -OCH3 is 1. The number of carbonyl (C=O) groups is 1. The molecule has 2 aromatic rings. The molecule has 1 N–H and O–H groups in total. The second-order valence-corrected chi connectivity index (χ2v) is 7.33. The average molecular weight is 393 g/mol. The molecule has 138 valence electrons. The normalized spacial score (nSPS) is 15.7. The number of rotatable bonds is 5. The number of hydrogen-bond donors (Lipinski definition) is 1. The molecule has 0 saturated carbocycles. The molecule has 0 aromatic heterocycles. The Bertz CT molecular complexity index is 774. The molecule has 1 aliphatic heterocycles. The second kappa shape index (κ2) is 8.76. The second-order valence-electron chi connectivity index (χ2n) is 6.52. The van der Waals surface area contributed by atoms with Gasteiger partial charge in [0.05, 0.1) is 17.2 Å². The average Bonchev–Trinajstić information content (AvgIpc) is 2.65. The van der Waals surface area contributed by atoms with E-state index in [1.165, 1.54) is 5.56 Å². The van der Waals surface area contributed by atoms with Gasteiger partial charge in [-0.05, 0) is 61.8 Å². The maximum atomic E-state index is 12.5. The van der Waals surface area contributed by atoms with Gasteiger partial charge in [0.2, 0.25) is 5.91 Å². The van der Waals surface area contributed by atoms with E-state index in [-0.39, 0.29) is 11.8 Å². The maximum absolute atomic E-state index is 12.5. The molecule has 2 aromatic carbocycles. The zero-order valence-electron chi connectivity index (χ0n) is 14.7. The van der Waals surface area contributed by atoms with Crippen molar-refractivity contribution in [2.75, 3.05) is 25.5 Å². The minimum Gasteiger partial charge on any atom is -0.497 e. The van der Waals surface area contributed by atoms with Crippen LogP contribution in [0.15, 0.2) is 42.5 Å². The summed E-state index contributed by atoms with van der Waals surface area (Å²) in [6.45, 7) is 2.67. The van der Waals surface area contributed by atoms with Crippen LogP contribution in [0.25, 0.3) is 0 Å². The molecular formula is C20H22Cl2N2O2. The van der Waals surface area contributed by atoms with Gasteiger partial charge in [-0.15, -0.1) is 0 Å². The fourth-order valence-corrected chi connectivity index (χ4v) is 3.50. The zero-order chi connectivity index (χ0) is 18.5. The highest BCUT2D eigenvalue weighted by Crippen LogP contribution is 2.26. The number of benzene rings is 2. The van der Waals surface area contributed by atoms with Gasteiger partial charge < -0.3 is 10.1 Å². The number of ether oxygens (including phenoxy) is 1. The number of piperidine rings is 1. The standard InChI is InChI=1S/C20H22Cl2N2O2/c1-26-17-4-2-3-14(11-17)13-24-9-7-15(8-10-24)20(25)23-16-5-6-18(21)19(22)12-16/h2-6,11-12,15H,7-10,13H2,1H3,(H,23,25). The van der Waals surface area contributed by atoms with Gasteiger partial charge in [-0.25, -0.2) is 0 Å². The summed E-state index contributed by atoms with van der Waals surface area (Å²) in [5.41, 5.74) is 1.91. The monoisotopic (exact) mass is 392 g/mol. The van der Waals surface area contributed by atoms with Crippen LogP contribution in [0.3, 0.4) is 0 Å². The summed E-state index contributed by atoms with van der Waals surface area (Å²) >= 11 is 11.9. The predicted molar refractivity (Wildman–Crippen MR) is 106 cm³/mol. The lowest BCUT2D eigenvalue weighted by Gasteiger charge is -2.31. The first kappa shape index (κ1) is 19.0. The molecule has 0 bridgehead atoms. The topological polar surface area (TPSA) is 41.6 Å². The molecule has 1 saturated heterocycles. The van der Waals surface area contributed by atoms with Crippen molar-refractivity contribution < 1.29 is 9.53 Å². The number of amides is 1. The first-order chi connectivity index (χ1) is 12.5. The van der Waals surface area contributed by atoms with Crippen molar-refractivity contribution in [3.8, 4) is 5.75 Å². The Balaban J connectivity index is 1.51. The van der Waals surface area contributed by atoms with Gasteiger partial charge in [-0.3, -0.25) is 9.69 Å². The van der Waals surface area contributed by atoms with E-state index < -0.39 is 0 Å². The molecule has 0 aliphatic carbocycles. The minimum absolute atomic E-state index is 0.0195. The third-order valence-corrected chi connectivity index (χ3v) is 5.42. The van der Waals surface area contributed by atoms with E-state index in [4.69, 9.17) is 27.9 Å². The largest absolute Gasteiger partial charge is 0.497 e. The minimum atomic E-state index is 0.0195. The molecule has 4 nitrogen and oxygen atoms in total. The van der Waals surface area contributed by atoms with E-state index in [1.807, 2.05) is 12.1 Å². The van der Waals surface area contributed by atoms with Crippen LogP contribution in [-0.4, -0.2) is 31.0 Å². The van der Waals surface area contributed by atoms with Crippen LogP contribution >= 0.6 is 23.2 Å². The summed E-state index contributed by atoms with van der Waals surface area (Å²) in [5, 5.41) is 3.87. The van der Waals surface area contributed by atoms with Gasteiger partial charge in [-0.1, -0.05) is 35.3 Å². The molecule has 0 unspecified atom stereocenters. The van der Waals surface area contributed by atoms with Crippen LogP contribution in [0.2, 0.25) is 10.0 Å². The van der Waals surface area contributed by atoms with Gasteiger partial charge in [0.25, 0.3) is 0 Å². The smallest absolute Gasteiger partial charge is 0.227 e. The fraction of sp³-hybridized carbons (Fsp3) is 0.350. The van der Waals surface area contributed by atoms with Crippen LogP contribution in [0, 0.1) is 5.92 Å². The molecule has 6 heteroatoms. The van der Waals surface area contributed by atoms with Crippen LogP contribution in [-0.2, 0) is 11.3 Å². The van der Waals surface area contributed by atoms with Crippen molar-refractivity contribution in [2.24, 2.45) is 5.92 Å². The van der Waals surface area contributed by atoms with Crippen LogP contribution in [0.1, 0.15) is 18.4 Å². The number of halogens is 2. The van der Waals surface area contributed by atoms with E-state index >= 15 is 0 Å². The third kappa shape index (κ3) is 4.91. The molecule has 3 rings (SSSR count). The number of hydrogen-bond acceptors (Lipinski definition) is 3. The first-order valence-electron chi connectivity index (χ1n) is 8.66. The highest BCUT2D eigenvalue weighted by atomic mass is 35.5. The first-order valence-corrected chi connectivity index (χ1v) is 9.42. The number of nitrogens with one attached hydrogen (secondary N) is 1. The lowest BCUT2D eigenvalue weighted by molar-refractivity contribution is -0.121. The van der Waals surface area contributed by atoms with Crippen molar-refractivity contribution in [3.05, 3.63) is 58.1 Å². The summed E-state index contributed by atoms with van der Waals surface area (Å²) in [4.78, 5) is 14.9. The van der Waals surface area contributed by atoms with Crippen molar-refractivity contribution in [2.45, 2.75) is 19.4 Å². The summed E-state index contributed by atoms with van der Waals surface area (Å²) in [6.07, 6.45) is 1.69. The van der Waals surface area contributed by atoms with Crippen LogP contribution < -0.4 is 10.1 Å². The Labute approximate surface area is 164 Å². The number of carbonyl (C=O) groups excluding carboxylic acids is 1. The van der Waals surface area contributed by atoms with Crippen molar-refractivity contribution in [1.29, 1.82) is 0 Å². The zero-order valence-corrected chi connectivity index (χ0v) is 16.2. The van der Waals surface area contributed by atoms with Gasteiger partial charge >= 0.3 is 0 Å². The Kier molecular flexibility index (Phi) is 6.41. The van der Waals surface area contributed by atoms with E-state index in [2.05, 4.69) is 22.3 Å². The molecule has 1 aliphatic rings. The summed E-state index contributed by atoms with van der Waals surface area (Å²) in [5.74, 6) is 0.939. The Hall–Kier alpha value is -1.75. The van der Waals surface area contributed by atoms with E-state index in [0.29, 0.717) is 15.7 Å². The van der Waals surface area contributed by atoms with Crippen LogP contribution in [0.5, 0.6) is 5.75 Å². The molecule has 0 spiro atoms. The predicted octanol–water partition coefficient (Wildman–Crippen LogP) is 4.85. The highest BCUT2D eigenvalue weighted by molar-refractivity contribution is 6.42. The molecule has 0 atom stereocenters. The number of anilines is 1. The van der Waals surface area contributed by atoms with E-state index in [9.17, 15) is 4.79 Å². The van der Waals surface area contributed by atoms with E-state index in [0.717, 1.165) is 38.2 Å². The molecule has 1 fully saturated rings. The van der Waals surface area contributed by atoms with Crippen molar-refractivity contribution in [1.82, 2.24) is 4.90 Å².